The third-order valence-corrected chi connectivity index (χ3v) is 4.03. The van der Waals surface area contributed by atoms with Crippen molar-refractivity contribution in [1.82, 2.24) is 4.72 Å². The van der Waals surface area contributed by atoms with Crippen LogP contribution in [0.3, 0.4) is 0 Å². The van der Waals surface area contributed by atoms with E-state index < -0.39 is 16.1 Å². The van der Waals surface area contributed by atoms with Crippen LogP contribution in [0.15, 0.2) is 23.1 Å². The molecule has 6 heteroatoms. The van der Waals surface area contributed by atoms with Gasteiger partial charge in [0.05, 0.1) is 22.6 Å². The number of hydrogen-bond acceptors (Lipinski definition) is 4. The van der Waals surface area contributed by atoms with Crippen molar-refractivity contribution in [3.05, 3.63) is 29.3 Å². The van der Waals surface area contributed by atoms with Gasteiger partial charge in [0.2, 0.25) is 10.0 Å². The van der Waals surface area contributed by atoms with E-state index in [2.05, 4.69) is 4.72 Å². The number of aryl methyl sites for hydroxylation is 1. The Balaban J connectivity index is 2.93. The van der Waals surface area contributed by atoms with Gasteiger partial charge in [0, 0.05) is 6.54 Å². The molecule has 0 radical (unpaired) electrons. The van der Waals surface area contributed by atoms with Crippen molar-refractivity contribution in [1.29, 1.82) is 5.26 Å². The number of nitriles is 1. The molecule has 0 heterocycles. The third-order valence-electron chi connectivity index (χ3n) is 2.61. The van der Waals surface area contributed by atoms with Gasteiger partial charge in [-0.1, -0.05) is 6.92 Å². The second-order valence-electron chi connectivity index (χ2n) is 4.00. The highest BCUT2D eigenvalue weighted by Crippen LogP contribution is 2.14. The summed E-state index contributed by atoms with van der Waals surface area (Å²) in [4.78, 5) is 0.0994. The van der Waals surface area contributed by atoms with E-state index in [1.54, 1.807) is 13.8 Å². The Morgan fingerprint density at radius 2 is 2.17 bits per heavy atom. The lowest BCUT2D eigenvalue weighted by Gasteiger charge is -2.11. The maximum absolute atomic E-state index is 11.9. The average Bonchev–Trinajstić information content (AvgIpc) is 2.35. The highest BCUT2D eigenvalue weighted by atomic mass is 32.2. The summed E-state index contributed by atoms with van der Waals surface area (Å²) in [5.41, 5.74) is 1.05. The van der Waals surface area contributed by atoms with Crippen molar-refractivity contribution in [3.8, 4) is 6.07 Å². The lowest BCUT2D eigenvalue weighted by Crippen LogP contribution is -2.31. The van der Waals surface area contributed by atoms with Gasteiger partial charge < -0.3 is 5.11 Å². The first-order chi connectivity index (χ1) is 8.40. The Bertz CT molecular complexity index is 561. The molecule has 0 aliphatic heterocycles. The highest BCUT2D eigenvalue weighted by Gasteiger charge is 2.16. The zero-order valence-electron chi connectivity index (χ0n) is 10.3. The zero-order chi connectivity index (χ0) is 13.8. The van der Waals surface area contributed by atoms with E-state index in [0.29, 0.717) is 17.5 Å². The summed E-state index contributed by atoms with van der Waals surface area (Å²) in [5.74, 6) is 0. The molecule has 1 rings (SSSR count). The lowest BCUT2D eigenvalue weighted by atomic mass is 10.1. The predicted octanol–water partition coefficient (Wildman–Crippen LogP) is 0.916. The van der Waals surface area contributed by atoms with E-state index in [0.717, 1.165) is 0 Å². The van der Waals surface area contributed by atoms with Crippen molar-refractivity contribution in [2.24, 2.45) is 0 Å². The first kappa shape index (κ1) is 14.6. The van der Waals surface area contributed by atoms with Gasteiger partial charge in [0.25, 0.3) is 0 Å². The van der Waals surface area contributed by atoms with Gasteiger partial charge in [0.15, 0.2) is 0 Å². The Hall–Kier alpha value is -1.42. The molecule has 0 aliphatic carbocycles. The Labute approximate surface area is 107 Å². The number of hydrogen-bond donors (Lipinski definition) is 2. The predicted molar refractivity (Wildman–Crippen MR) is 67.4 cm³/mol. The molecule has 0 saturated heterocycles. The maximum atomic E-state index is 11.9. The SMILES string of the molecule is CCC(O)CNS(=O)(=O)c1ccc(C#N)c(C)c1. The molecule has 1 aromatic rings. The summed E-state index contributed by atoms with van der Waals surface area (Å²) < 4.78 is 26.1. The first-order valence-corrected chi connectivity index (χ1v) is 7.07. The maximum Gasteiger partial charge on any atom is 0.240 e. The van der Waals surface area contributed by atoms with Crippen molar-refractivity contribution in [2.75, 3.05) is 6.54 Å². The van der Waals surface area contributed by atoms with Crippen LogP contribution in [-0.2, 0) is 10.0 Å². The Morgan fingerprint density at radius 1 is 1.50 bits per heavy atom. The van der Waals surface area contributed by atoms with Crippen molar-refractivity contribution < 1.29 is 13.5 Å². The quantitative estimate of drug-likeness (QED) is 0.830. The third kappa shape index (κ3) is 3.53. The van der Waals surface area contributed by atoms with Crippen LogP contribution in [-0.4, -0.2) is 26.2 Å². The fourth-order valence-electron chi connectivity index (χ4n) is 1.36. The molecule has 0 amide bonds. The number of nitrogens with one attached hydrogen (secondary N) is 1. The summed E-state index contributed by atoms with van der Waals surface area (Å²) in [7, 11) is -3.63. The molecule has 98 valence electrons. The van der Waals surface area contributed by atoms with Gasteiger partial charge in [-0.2, -0.15) is 5.26 Å². The normalized spacial score (nSPS) is 13.0. The van der Waals surface area contributed by atoms with Crippen LogP contribution in [0.25, 0.3) is 0 Å². The number of aliphatic hydroxyl groups excluding tert-OH is 1. The molecule has 0 saturated carbocycles. The molecule has 0 aromatic heterocycles. The van der Waals surface area contributed by atoms with Crippen LogP contribution in [0.1, 0.15) is 24.5 Å². The minimum Gasteiger partial charge on any atom is -0.392 e. The van der Waals surface area contributed by atoms with Crippen LogP contribution in [0.5, 0.6) is 0 Å². The van der Waals surface area contributed by atoms with E-state index >= 15 is 0 Å². The standard InChI is InChI=1S/C12H16N2O3S/c1-3-11(15)8-14-18(16,17)12-5-4-10(7-13)9(2)6-12/h4-6,11,14-15H,3,8H2,1-2H3. The molecule has 2 N–H and O–H groups in total. The number of aliphatic hydroxyl groups is 1. The van der Waals surface area contributed by atoms with E-state index in [9.17, 15) is 13.5 Å². The number of nitrogens with zero attached hydrogens (tertiary/aromatic N) is 1. The molecule has 1 aromatic carbocycles. The highest BCUT2D eigenvalue weighted by molar-refractivity contribution is 7.89. The van der Waals surface area contributed by atoms with Crippen LogP contribution < -0.4 is 4.72 Å². The molecule has 0 spiro atoms. The molecule has 0 bridgehead atoms. The lowest BCUT2D eigenvalue weighted by molar-refractivity contribution is 0.174. The summed E-state index contributed by atoms with van der Waals surface area (Å²) in [6, 6.07) is 6.28. The Kier molecular flexibility index (Phi) is 4.84. The molecule has 1 atom stereocenters. The topological polar surface area (TPSA) is 90.2 Å². The van der Waals surface area contributed by atoms with Gasteiger partial charge in [-0.15, -0.1) is 0 Å². The van der Waals surface area contributed by atoms with Gasteiger partial charge >= 0.3 is 0 Å². The van der Waals surface area contributed by atoms with Gasteiger partial charge in [0.1, 0.15) is 0 Å². The van der Waals surface area contributed by atoms with E-state index in [1.807, 2.05) is 6.07 Å². The van der Waals surface area contributed by atoms with Gasteiger partial charge in [-0.25, -0.2) is 13.1 Å². The molecule has 1 unspecified atom stereocenters. The Morgan fingerprint density at radius 3 is 2.67 bits per heavy atom. The summed E-state index contributed by atoms with van der Waals surface area (Å²) in [5, 5.41) is 18.1. The summed E-state index contributed by atoms with van der Waals surface area (Å²) >= 11 is 0. The molecule has 0 aliphatic rings. The van der Waals surface area contributed by atoms with Crippen molar-refractivity contribution >= 4 is 10.0 Å². The van der Waals surface area contributed by atoms with Crippen LogP contribution in [0.2, 0.25) is 0 Å². The van der Waals surface area contributed by atoms with E-state index in [1.165, 1.54) is 18.2 Å². The molecular formula is C12H16N2O3S. The number of rotatable bonds is 5. The number of sulfonamides is 1. The smallest absolute Gasteiger partial charge is 0.240 e. The molecule has 18 heavy (non-hydrogen) atoms. The molecular weight excluding hydrogens is 252 g/mol. The van der Waals surface area contributed by atoms with Crippen LogP contribution in [0, 0.1) is 18.3 Å². The first-order valence-electron chi connectivity index (χ1n) is 5.59. The fraction of sp³-hybridized carbons (Fsp3) is 0.417. The minimum absolute atomic E-state index is 0.0160. The molecule has 0 fully saturated rings. The fourth-order valence-corrected chi connectivity index (χ4v) is 2.52. The van der Waals surface area contributed by atoms with Gasteiger partial charge in [-0.3, -0.25) is 0 Å². The minimum atomic E-state index is -3.63. The van der Waals surface area contributed by atoms with E-state index in [4.69, 9.17) is 5.26 Å². The number of benzene rings is 1. The van der Waals surface area contributed by atoms with Crippen molar-refractivity contribution in [3.63, 3.8) is 0 Å². The second kappa shape index (κ2) is 5.96. The zero-order valence-corrected chi connectivity index (χ0v) is 11.2. The second-order valence-corrected chi connectivity index (χ2v) is 5.77. The van der Waals surface area contributed by atoms with Crippen molar-refractivity contribution in [2.45, 2.75) is 31.3 Å². The monoisotopic (exact) mass is 268 g/mol. The largest absolute Gasteiger partial charge is 0.392 e. The summed E-state index contributed by atoms with van der Waals surface area (Å²) in [6.45, 7) is 3.43. The molecule has 5 nitrogen and oxygen atoms in total. The van der Waals surface area contributed by atoms with E-state index in [-0.39, 0.29) is 11.4 Å². The average molecular weight is 268 g/mol. The van der Waals surface area contributed by atoms with Crippen LogP contribution in [0.4, 0.5) is 0 Å². The van der Waals surface area contributed by atoms with Gasteiger partial charge in [-0.05, 0) is 37.1 Å². The summed E-state index contributed by atoms with van der Waals surface area (Å²) in [6.07, 6.45) is -0.214. The van der Waals surface area contributed by atoms with Crippen LogP contribution >= 0.6 is 0 Å².